The molecule has 21 heavy (non-hydrogen) atoms. The Kier molecular flexibility index (Phi) is 4.83. The summed E-state index contributed by atoms with van der Waals surface area (Å²) in [6.07, 6.45) is 1.65. The van der Waals surface area contributed by atoms with Gasteiger partial charge in [0.25, 0.3) is 5.91 Å². The lowest BCUT2D eigenvalue weighted by Crippen LogP contribution is -2.28. The van der Waals surface area contributed by atoms with Crippen LogP contribution in [-0.4, -0.2) is 22.5 Å². The summed E-state index contributed by atoms with van der Waals surface area (Å²) in [6, 6.07) is 10.3. The number of ether oxygens (including phenoxy) is 1. The molecule has 1 aromatic heterocycles. The van der Waals surface area contributed by atoms with Crippen LogP contribution in [0.25, 0.3) is 0 Å². The van der Waals surface area contributed by atoms with Gasteiger partial charge in [-0.1, -0.05) is 0 Å². The van der Waals surface area contributed by atoms with E-state index in [1.807, 2.05) is 6.07 Å². The van der Waals surface area contributed by atoms with Crippen LogP contribution in [0.2, 0.25) is 0 Å². The summed E-state index contributed by atoms with van der Waals surface area (Å²) in [4.78, 5) is 19.8. The molecule has 0 saturated carbocycles. The topological polar surface area (TPSA) is 87.9 Å². The molecule has 1 N–H and O–H groups in total. The SMILES string of the molecule is Cc1nccc(CNC(=O)COc2ccc(C#N)cc2)n1. The third kappa shape index (κ3) is 4.58. The van der Waals surface area contributed by atoms with Crippen molar-refractivity contribution in [2.75, 3.05) is 6.61 Å². The van der Waals surface area contributed by atoms with Gasteiger partial charge in [-0.2, -0.15) is 5.26 Å². The summed E-state index contributed by atoms with van der Waals surface area (Å²) in [6.45, 7) is 2.04. The molecule has 0 unspecified atom stereocenters. The number of carbonyl (C=O) groups excluding carboxylic acids is 1. The van der Waals surface area contributed by atoms with E-state index >= 15 is 0 Å². The first-order valence-corrected chi connectivity index (χ1v) is 6.35. The standard InChI is InChI=1S/C15H14N4O2/c1-11-17-7-6-13(19-11)9-18-15(20)10-21-14-4-2-12(8-16)3-5-14/h2-7H,9-10H2,1H3,(H,18,20). The lowest BCUT2D eigenvalue weighted by Gasteiger charge is -2.07. The van der Waals surface area contributed by atoms with E-state index < -0.39 is 0 Å². The molecule has 1 aromatic carbocycles. The molecule has 6 heteroatoms. The second kappa shape index (κ2) is 7.01. The van der Waals surface area contributed by atoms with E-state index in [1.54, 1.807) is 43.5 Å². The average molecular weight is 282 g/mol. The van der Waals surface area contributed by atoms with Crippen molar-refractivity contribution in [3.8, 4) is 11.8 Å². The van der Waals surface area contributed by atoms with Crippen LogP contribution in [0, 0.1) is 18.3 Å². The van der Waals surface area contributed by atoms with Gasteiger partial charge in [-0.15, -0.1) is 0 Å². The molecule has 0 aliphatic carbocycles. The zero-order chi connectivity index (χ0) is 15.1. The number of aromatic nitrogens is 2. The van der Waals surface area contributed by atoms with Crippen LogP contribution in [0.4, 0.5) is 0 Å². The minimum absolute atomic E-state index is 0.0873. The molecule has 0 saturated heterocycles. The summed E-state index contributed by atoms with van der Waals surface area (Å²) in [7, 11) is 0. The lowest BCUT2D eigenvalue weighted by molar-refractivity contribution is -0.123. The predicted octanol–water partition coefficient (Wildman–Crippen LogP) is 1.35. The number of aryl methyl sites for hydroxylation is 1. The third-order valence-electron chi connectivity index (χ3n) is 2.65. The van der Waals surface area contributed by atoms with Gasteiger partial charge >= 0.3 is 0 Å². The van der Waals surface area contributed by atoms with Crippen LogP contribution < -0.4 is 10.1 Å². The second-order valence-corrected chi connectivity index (χ2v) is 4.30. The van der Waals surface area contributed by atoms with E-state index in [2.05, 4.69) is 15.3 Å². The fourth-order valence-electron chi connectivity index (χ4n) is 1.62. The summed E-state index contributed by atoms with van der Waals surface area (Å²) in [5.41, 5.74) is 1.29. The number of nitriles is 1. The fourth-order valence-corrected chi connectivity index (χ4v) is 1.62. The number of nitrogens with zero attached hydrogens (tertiary/aromatic N) is 3. The van der Waals surface area contributed by atoms with Crippen molar-refractivity contribution < 1.29 is 9.53 Å². The number of amides is 1. The van der Waals surface area contributed by atoms with Gasteiger partial charge in [0.1, 0.15) is 11.6 Å². The second-order valence-electron chi connectivity index (χ2n) is 4.30. The first-order chi connectivity index (χ1) is 10.2. The van der Waals surface area contributed by atoms with Gasteiger partial charge in [-0.05, 0) is 37.3 Å². The summed E-state index contributed by atoms with van der Waals surface area (Å²) in [5.74, 6) is 0.966. The maximum atomic E-state index is 11.7. The Hall–Kier alpha value is -2.94. The Morgan fingerprint density at radius 1 is 1.33 bits per heavy atom. The van der Waals surface area contributed by atoms with Crippen LogP contribution >= 0.6 is 0 Å². The minimum Gasteiger partial charge on any atom is -0.484 e. The number of hydrogen-bond acceptors (Lipinski definition) is 5. The van der Waals surface area contributed by atoms with E-state index in [0.29, 0.717) is 23.7 Å². The number of nitrogens with one attached hydrogen (secondary N) is 1. The normalized spacial score (nSPS) is 9.71. The molecule has 2 rings (SSSR count). The highest BCUT2D eigenvalue weighted by Crippen LogP contribution is 2.11. The quantitative estimate of drug-likeness (QED) is 0.894. The zero-order valence-electron chi connectivity index (χ0n) is 11.5. The van der Waals surface area contributed by atoms with Gasteiger partial charge < -0.3 is 10.1 Å². The van der Waals surface area contributed by atoms with Crippen molar-refractivity contribution in [3.63, 3.8) is 0 Å². The molecular formula is C15H14N4O2. The van der Waals surface area contributed by atoms with Gasteiger partial charge in [0.05, 0.1) is 23.9 Å². The Morgan fingerprint density at radius 2 is 2.10 bits per heavy atom. The largest absolute Gasteiger partial charge is 0.484 e. The molecule has 0 spiro atoms. The van der Waals surface area contributed by atoms with Crippen LogP contribution in [0.3, 0.4) is 0 Å². The summed E-state index contributed by atoms with van der Waals surface area (Å²) < 4.78 is 5.33. The van der Waals surface area contributed by atoms with Gasteiger partial charge in [0, 0.05) is 6.20 Å². The molecule has 0 fully saturated rings. The number of benzene rings is 1. The van der Waals surface area contributed by atoms with Gasteiger partial charge in [-0.3, -0.25) is 4.79 Å². The molecule has 2 aromatic rings. The van der Waals surface area contributed by atoms with E-state index in [9.17, 15) is 4.79 Å². The van der Waals surface area contributed by atoms with Crippen LogP contribution in [0.1, 0.15) is 17.1 Å². The molecule has 0 radical (unpaired) electrons. The first kappa shape index (κ1) is 14.5. The lowest BCUT2D eigenvalue weighted by atomic mass is 10.2. The van der Waals surface area contributed by atoms with Gasteiger partial charge in [0.2, 0.25) is 0 Å². The first-order valence-electron chi connectivity index (χ1n) is 6.35. The molecule has 0 aliphatic rings. The minimum atomic E-state index is -0.240. The predicted molar refractivity (Wildman–Crippen MR) is 75.3 cm³/mol. The number of hydrogen-bond donors (Lipinski definition) is 1. The number of rotatable bonds is 5. The highest BCUT2D eigenvalue weighted by Gasteiger charge is 2.04. The van der Waals surface area contributed by atoms with E-state index in [-0.39, 0.29) is 12.5 Å². The summed E-state index contributed by atoms with van der Waals surface area (Å²) in [5, 5.41) is 11.4. The monoisotopic (exact) mass is 282 g/mol. The maximum absolute atomic E-state index is 11.7. The smallest absolute Gasteiger partial charge is 0.258 e. The molecule has 1 amide bonds. The zero-order valence-corrected chi connectivity index (χ0v) is 11.5. The molecule has 6 nitrogen and oxygen atoms in total. The van der Waals surface area contributed by atoms with Crippen molar-refractivity contribution in [1.82, 2.24) is 15.3 Å². The molecule has 1 heterocycles. The Labute approximate surface area is 122 Å². The van der Waals surface area contributed by atoms with Gasteiger partial charge in [0.15, 0.2) is 6.61 Å². The van der Waals surface area contributed by atoms with E-state index in [1.165, 1.54) is 0 Å². The third-order valence-corrected chi connectivity index (χ3v) is 2.65. The Balaban J connectivity index is 1.78. The average Bonchev–Trinajstić information content (AvgIpc) is 2.51. The molecule has 0 bridgehead atoms. The van der Waals surface area contributed by atoms with Crippen molar-refractivity contribution in [3.05, 3.63) is 53.6 Å². The van der Waals surface area contributed by atoms with Crippen LogP contribution in [0.15, 0.2) is 36.5 Å². The molecule has 106 valence electrons. The van der Waals surface area contributed by atoms with E-state index in [0.717, 1.165) is 5.69 Å². The van der Waals surface area contributed by atoms with Crippen molar-refractivity contribution >= 4 is 5.91 Å². The number of carbonyl (C=O) groups is 1. The summed E-state index contributed by atoms with van der Waals surface area (Å²) >= 11 is 0. The van der Waals surface area contributed by atoms with Crippen molar-refractivity contribution in [2.45, 2.75) is 13.5 Å². The van der Waals surface area contributed by atoms with Crippen molar-refractivity contribution in [2.24, 2.45) is 0 Å². The molecule has 0 aliphatic heterocycles. The Morgan fingerprint density at radius 3 is 2.76 bits per heavy atom. The van der Waals surface area contributed by atoms with Crippen molar-refractivity contribution in [1.29, 1.82) is 5.26 Å². The molecule has 0 atom stereocenters. The molecular weight excluding hydrogens is 268 g/mol. The van der Waals surface area contributed by atoms with E-state index in [4.69, 9.17) is 10.00 Å². The maximum Gasteiger partial charge on any atom is 0.258 e. The Bertz CT molecular complexity index is 662. The highest BCUT2D eigenvalue weighted by atomic mass is 16.5. The highest BCUT2D eigenvalue weighted by molar-refractivity contribution is 5.77. The van der Waals surface area contributed by atoms with Crippen LogP contribution in [0.5, 0.6) is 5.75 Å². The van der Waals surface area contributed by atoms with Crippen LogP contribution in [-0.2, 0) is 11.3 Å². The van der Waals surface area contributed by atoms with Gasteiger partial charge in [-0.25, -0.2) is 9.97 Å². The fraction of sp³-hybridized carbons (Fsp3) is 0.200.